The molecule has 54 valence electrons. The van der Waals surface area contributed by atoms with Crippen LogP contribution in [-0.4, -0.2) is 9.97 Å². The van der Waals surface area contributed by atoms with Gasteiger partial charge in [-0.15, -0.1) is 6.58 Å². The molecule has 0 spiro atoms. The van der Waals surface area contributed by atoms with Crippen LogP contribution in [0.3, 0.4) is 0 Å². The average Bonchev–Trinajstić information content (AvgIpc) is 2.13. The van der Waals surface area contributed by atoms with E-state index in [4.69, 9.17) is 5.73 Å². The van der Waals surface area contributed by atoms with Crippen molar-refractivity contribution in [2.75, 3.05) is 5.73 Å². The topological polar surface area (TPSA) is 54.7 Å². The molecule has 1 aromatic rings. The normalized spacial score (nSPS) is 9.70. The molecule has 0 saturated carbocycles. The van der Waals surface area contributed by atoms with Gasteiger partial charge in [0.2, 0.25) is 0 Å². The van der Waals surface area contributed by atoms with E-state index in [1.165, 1.54) is 0 Å². The van der Waals surface area contributed by atoms with E-state index in [1.807, 2.05) is 6.92 Å². The number of aromatic nitrogens is 2. The largest absolute Gasteiger partial charge is 0.382 e. The van der Waals surface area contributed by atoms with Crippen LogP contribution in [0.25, 0.3) is 0 Å². The predicted molar refractivity (Wildman–Crippen MR) is 41.6 cm³/mol. The molecule has 0 saturated heterocycles. The van der Waals surface area contributed by atoms with Crippen molar-refractivity contribution in [3.63, 3.8) is 0 Å². The molecule has 1 aromatic heterocycles. The van der Waals surface area contributed by atoms with Crippen LogP contribution in [0.2, 0.25) is 0 Å². The fraction of sp³-hybridized carbons (Fsp3) is 0.286. The molecule has 0 radical (unpaired) electrons. The Bertz CT molecular complexity index is 237. The molecule has 0 aliphatic rings. The van der Waals surface area contributed by atoms with Gasteiger partial charge in [0, 0.05) is 6.42 Å². The number of aromatic amines is 1. The van der Waals surface area contributed by atoms with Crippen molar-refractivity contribution in [1.82, 2.24) is 9.97 Å². The zero-order chi connectivity index (χ0) is 7.56. The van der Waals surface area contributed by atoms with E-state index in [0.717, 1.165) is 17.9 Å². The van der Waals surface area contributed by atoms with Crippen molar-refractivity contribution in [1.29, 1.82) is 0 Å². The van der Waals surface area contributed by atoms with E-state index in [1.54, 1.807) is 6.08 Å². The highest BCUT2D eigenvalue weighted by molar-refractivity contribution is 5.36. The zero-order valence-corrected chi connectivity index (χ0v) is 6.02. The number of hydrogen-bond donors (Lipinski definition) is 2. The summed E-state index contributed by atoms with van der Waals surface area (Å²) < 4.78 is 0. The summed E-state index contributed by atoms with van der Waals surface area (Å²) in [4.78, 5) is 7.04. The molecule has 0 aliphatic carbocycles. The number of H-pyrrole nitrogens is 1. The summed E-state index contributed by atoms with van der Waals surface area (Å²) in [5.41, 5.74) is 6.49. The second kappa shape index (κ2) is 2.56. The van der Waals surface area contributed by atoms with Gasteiger partial charge in [-0.1, -0.05) is 6.08 Å². The highest BCUT2D eigenvalue weighted by Crippen LogP contribution is 2.07. The summed E-state index contributed by atoms with van der Waals surface area (Å²) in [6.07, 6.45) is 2.55. The number of allylic oxidation sites excluding steroid dienone is 1. The van der Waals surface area contributed by atoms with Crippen molar-refractivity contribution >= 4 is 5.82 Å². The van der Waals surface area contributed by atoms with Gasteiger partial charge in [0.1, 0.15) is 11.6 Å². The minimum atomic E-state index is 0.581. The minimum absolute atomic E-state index is 0.581. The van der Waals surface area contributed by atoms with Crippen LogP contribution in [0.15, 0.2) is 12.7 Å². The number of nitrogens with zero attached hydrogens (tertiary/aromatic N) is 1. The molecule has 1 rings (SSSR count). The zero-order valence-electron chi connectivity index (χ0n) is 6.02. The second-order valence-corrected chi connectivity index (χ2v) is 2.18. The first-order valence-corrected chi connectivity index (χ1v) is 3.16. The third-order valence-corrected chi connectivity index (χ3v) is 1.28. The Morgan fingerprint density at radius 2 is 2.50 bits per heavy atom. The van der Waals surface area contributed by atoms with E-state index in [-0.39, 0.29) is 0 Å². The Hall–Kier alpha value is -1.25. The molecule has 10 heavy (non-hydrogen) atoms. The Morgan fingerprint density at radius 3 is 2.90 bits per heavy atom. The third-order valence-electron chi connectivity index (χ3n) is 1.28. The molecule has 0 bridgehead atoms. The Labute approximate surface area is 60.0 Å². The van der Waals surface area contributed by atoms with Gasteiger partial charge in [-0.05, 0) is 6.92 Å². The highest BCUT2D eigenvalue weighted by Gasteiger charge is 2.00. The Morgan fingerprint density at radius 1 is 1.80 bits per heavy atom. The Balaban J connectivity index is 2.91. The maximum Gasteiger partial charge on any atom is 0.145 e. The van der Waals surface area contributed by atoms with Crippen LogP contribution in [0.1, 0.15) is 11.5 Å². The monoisotopic (exact) mass is 137 g/mol. The lowest BCUT2D eigenvalue weighted by molar-refractivity contribution is 1.09. The standard InChI is InChI=1S/C7H11N3/c1-3-4-6-7(8)10-5(2)9-6/h3H,1,4,8H2,2H3,(H,9,10). The fourth-order valence-corrected chi connectivity index (χ4v) is 0.858. The summed E-state index contributed by atoms with van der Waals surface area (Å²) in [6.45, 7) is 5.48. The molecule has 3 nitrogen and oxygen atoms in total. The summed E-state index contributed by atoms with van der Waals surface area (Å²) in [5.74, 6) is 1.44. The van der Waals surface area contributed by atoms with Crippen molar-refractivity contribution < 1.29 is 0 Å². The van der Waals surface area contributed by atoms with Gasteiger partial charge < -0.3 is 10.7 Å². The van der Waals surface area contributed by atoms with Gasteiger partial charge in [-0.2, -0.15) is 0 Å². The van der Waals surface area contributed by atoms with Crippen LogP contribution in [-0.2, 0) is 6.42 Å². The number of hydrogen-bond acceptors (Lipinski definition) is 2. The quantitative estimate of drug-likeness (QED) is 0.598. The number of nitrogen functional groups attached to an aromatic ring is 1. The molecule has 0 amide bonds. The smallest absolute Gasteiger partial charge is 0.145 e. The first-order chi connectivity index (χ1) is 4.74. The maximum atomic E-state index is 5.54. The number of aryl methyl sites for hydroxylation is 1. The lowest BCUT2D eigenvalue weighted by Crippen LogP contribution is -1.90. The van der Waals surface area contributed by atoms with E-state index >= 15 is 0 Å². The molecule has 0 fully saturated rings. The molecular weight excluding hydrogens is 126 g/mol. The predicted octanol–water partition coefficient (Wildman–Crippen LogP) is 1.03. The van der Waals surface area contributed by atoms with Gasteiger partial charge in [0.15, 0.2) is 0 Å². The van der Waals surface area contributed by atoms with Crippen molar-refractivity contribution in [2.24, 2.45) is 0 Å². The van der Waals surface area contributed by atoms with E-state index < -0.39 is 0 Å². The lowest BCUT2D eigenvalue weighted by Gasteiger charge is -1.89. The maximum absolute atomic E-state index is 5.54. The number of anilines is 1. The first-order valence-electron chi connectivity index (χ1n) is 3.16. The van der Waals surface area contributed by atoms with Crippen molar-refractivity contribution in [3.05, 3.63) is 24.2 Å². The van der Waals surface area contributed by atoms with Crippen LogP contribution in [0.4, 0.5) is 5.82 Å². The number of rotatable bonds is 2. The molecule has 1 heterocycles. The van der Waals surface area contributed by atoms with Crippen LogP contribution in [0.5, 0.6) is 0 Å². The van der Waals surface area contributed by atoms with Gasteiger partial charge in [0.05, 0.1) is 5.69 Å². The van der Waals surface area contributed by atoms with Gasteiger partial charge >= 0.3 is 0 Å². The van der Waals surface area contributed by atoms with Crippen LogP contribution < -0.4 is 5.73 Å². The number of imidazole rings is 1. The second-order valence-electron chi connectivity index (χ2n) is 2.18. The van der Waals surface area contributed by atoms with Gasteiger partial charge in [0.25, 0.3) is 0 Å². The summed E-state index contributed by atoms with van der Waals surface area (Å²) in [7, 11) is 0. The summed E-state index contributed by atoms with van der Waals surface area (Å²) in [6, 6.07) is 0. The number of nitrogens with one attached hydrogen (secondary N) is 1. The summed E-state index contributed by atoms with van der Waals surface area (Å²) in [5, 5.41) is 0. The van der Waals surface area contributed by atoms with Crippen molar-refractivity contribution in [3.8, 4) is 0 Å². The molecular formula is C7H11N3. The third kappa shape index (κ3) is 1.18. The fourth-order valence-electron chi connectivity index (χ4n) is 0.858. The molecule has 3 N–H and O–H groups in total. The first kappa shape index (κ1) is 6.86. The van der Waals surface area contributed by atoms with E-state index in [9.17, 15) is 0 Å². The SMILES string of the molecule is C=CCc1[nH]c(C)nc1N. The van der Waals surface area contributed by atoms with Gasteiger partial charge in [-0.25, -0.2) is 4.98 Å². The average molecular weight is 137 g/mol. The summed E-state index contributed by atoms with van der Waals surface area (Å²) >= 11 is 0. The van der Waals surface area contributed by atoms with E-state index in [0.29, 0.717) is 5.82 Å². The lowest BCUT2D eigenvalue weighted by atomic mass is 10.3. The molecule has 0 unspecified atom stereocenters. The Kier molecular flexibility index (Phi) is 1.76. The van der Waals surface area contributed by atoms with Crippen LogP contribution >= 0.6 is 0 Å². The van der Waals surface area contributed by atoms with Gasteiger partial charge in [-0.3, -0.25) is 0 Å². The highest BCUT2D eigenvalue weighted by atomic mass is 15.0. The molecule has 0 aromatic carbocycles. The van der Waals surface area contributed by atoms with E-state index in [2.05, 4.69) is 16.5 Å². The van der Waals surface area contributed by atoms with Crippen molar-refractivity contribution in [2.45, 2.75) is 13.3 Å². The van der Waals surface area contributed by atoms with Crippen LogP contribution in [0, 0.1) is 6.92 Å². The number of nitrogens with two attached hydrogens (primary N) is 1. The minimum Gasteiger partial charge on any atom is -0.382 e. The molecule has 0 aliphatic heterocycles. The molecule has 3 heteroatoms. The molecule has 0 atom stereocenters.